The van der Waals surface area contributed by atoms with Crippen LogP contribution < -0.4 is 5.32 Å². The molecule has 2 atom stereocenters. The summed E-state index contributed by atoms with van der Waals surface area (Å²) in [6.45, 7) is 0. The number of rotatable bonds is 4. The zero-order chi connectivity index (χ0) is 15.6. The molecule has 0 aliphatic heterocycles. The maximum absolute atomic E-state index is 12.3. The van der Waals surface area contributed by atoms with Gasteiger partial charge in [0.05, 0.1) is 0 Å². The number of anilines is 1. The van der Waals surface area contributed by atoms with Crippen molar-refractivity contribution >= 4 is 22.4 Å². The summed E-state index contributed by atoms with van der Waals surface area (Å²) in [5.74, 6) is 0.232. The van der Waals surface area contributed by atoms with E-state index in [1.807, 2.05) is 36.5 Å². The minimum absolute atomic E-state index is 0.0115. The summed E-state index contributed by atoms with van der Waals surface area (Å²) in [5.41, 5.74) is 1.87. The van der Waals surface area contributed by atoms with Gasteiger partial charge in [-0.15, -0.1) is 10.2 Å². The topological polar surface area (TPSA) is 80.7 Å². The molecule has 0 aromatic carbocycles. The molecule has 23 heavy (non-hydrogen) atoms. The monoisotopic (exact) mass is 323 g/mol. The van der Waals surface area contributed by atoms with Gasteiger partial charge in [-0.25, -0.2) is 0 Å². The Labute approximate surface area is 136 Å². The Bertz CT molecular complexity index is 821. The van der Waals surface area contributed by atoms with Gasteiger partial charge in [0, 0.05) is 24.5 Å². The molecular weight excluding hydrogens is 310 g/mol. The van der Waals surface area contributed by atoms with Crippen LogP contribution in [0.3, 0.4) is 0 Å². The molecular formula is C16H13N5OS. The van der Waals surface area contributed by atoms with Crippen LogP contribution in [0.4, 0.5) is 5.13 Å². The molecule has 1 N–H and O–H groups in total. The number of aromatic nitrogens is 4. The first-order chi connectivity index (χ1) is 11.3. The maximum atomic E-state index is 12.3. The Morgan fingerprint density at radius 3 is 2.91 bits per heavy atom. The molecule has 0 unspecified atom stereocenters. The molecule has 3 aromatic heterocycles. The molecule has 4 rings (SSSR count). The first-order valence-corrected chi connectivity index (χ1v) is 8.08. The molecule has 0 bridgehead atoms. The van der Waals surface area contributed by atoms with E-state index < -0.39 is 0 Å². The molecule has 3 aromatic rings. The van der Waals surface area contributed by atoms with E-state index >= 15 is 0 Å². The predicted octanol–water partition coefficient (Wildman–Crippen LogP) is 2.74. The van der Waals surface area contributed by atoms with Gasteiger partial charge in [-0.1, -0.05) is 23.5 Å². The van der Waals surface area contributed by atoms with Crippen molar-refractivity contribution in [3.8, 4) is 10.7 Å². The van der Waals surface area contributed by atoms with Gasteiger partial charge < -0.3 is 5.32 Å². The van der Waals surface area contributed by atoms with Crippen molar-refractivity contribution in [2.75, 3.05) is 5.32 Å². The van der Waals surface area contributed by atoms with E-state index in [9.17, 15) is 4.79 Å². The lowest BCUT2D eigenvalue weighted by Crippen LogP contribution is -2.14. The highest BCUT2D eigenvalue weighted by Crippen LogP contribution is 2.47. The van der Waals surface area contributed by atoms with E-state index in [4.69, 9.17) is 0 Å². The minimum Gasteiger partial charge on any atom is -0.300 e. The molecule has 1 fully saturated rings. The summed E-state index contributed by atoms with van der Waals surface area (Å²) in [6.07, 6.45) is 6.12. The number of carbonyl (C=O) groups excluding carboxylic acids is 1. The molecule has 1 aliphatic rings. The van der Waals surface area contributed by atoms with Crippen molar-refractivity contribution in [3.63, 3.8) is 0 Å². The zero-order valence-electron chi connectivity index (χ0n) is 12.1. The molecule has 1 amide bonds. The highest BCUT2D eigenvalue weighted by atomic mass is 32.1. The summed E-state index contributed by atoms with van der Waals surface area (Å²) < 4.78 is 0. The largest absolute Gasteiger partial charge is 0.300 e. The summed E-state index contributed by atoms with van der Waals surface area (Å²) in [5, 5.41) is 12.2. The zero-order valence-corrected chi connectivity index (χ0v) is 12.9. The average Bonchev–Trinajstić information content (AvgIpc) is 3.29. The van der Waals surface area contributed by atoms with E-state index in [0.717, 1.165) is 17.7 Å². The summed E-state index contributed by atoms with van der Waals surface area (Å²) in [4.78, 5) is 20.6. The van der Waals surface area contributed by atoms with Crippen LogP contribution >= 0.6 is 11.3 Å². The SMILES string of the molecule is O=C(Nc1nnc(-c2ccccn2)s1)[C@@H]1C[C@@H]1c1cccnc1. The predicted molar refractivity (Wildman–Crippen MR) is 86.9 cm³/mol. The standard InChI is InChI=1S/C16H13N5OS/c22-14(12-8-11(12)10-4-3-6-17-9-10)19-16-21-20-15(23-16)13-5-1-2-7-18-13/h1-7,9,11-12H,8H2,(H,19,21,22)/t11-,12-/m1/s1. The quantitative estimate of drug-likeness (QED) is 0.798. The second-order valence-corrected chi connectivity index (χ2v) is 6.33. The number of nitrogens with one attached hydrogen (secondary N) is 1. The minimum atomic E-state index is -0.0126. The van der Waals surface area contributed by atoms with Gasteiger partial charge in [0.15, 0.2) is 5.01 Å². The van der Waals surface area contributed by atoms with Gasteiger partial charge >= 0.3 is 0 Å². The van der Waals surface area contributed by atoms with Crippen LogP contribution in [0, 0.1) is 5.92 Å². The van der Waals surface area contributed by atoms with Crippen LogP contribution in [-0.4, -0.2) is 26.1 Å². The third-order valence-electron chi connectivity index (χ3n) is 3.78. The number of amides is 1. The van der Waals surface area contributed by atoms with Crippen LogP contribution in [0.5, 0.6) is 0 Å². The Morgan fingerprint density at radius 2 is 2.13 bits per heavy atom. The second-order valence-electron chi connectivity index (χ2n) is 5.35. The first-order valence-electron chi connectivity index (χ1n) is 7.27. The summed E-state index contributed by atoms with van der Waals surface area (Å²) in [6, 6.07) is 9.51. The van der Waals surface area contributed by atoms with Gasteiger partial charge in [-0.3, -0.25) is 14.8 Å². The molecule has 0 radical (unpaired) electrons. The molecule has 7 heteroatoms. The van der Waals surface area contributed by atoms with Crippen molar-refractivity contribution in [2.45, 2.75) is 12.3 Å². The molecule has 1 saturated carbocycles. The van der Waals surface area contributed by atoms with Crippen LogP contribution in [0.2, 0.25) is 0 Å². The lowest BCUT2D eigenvalue weighted by atomic mass is 10.1. The van der Waals surface area contributed by atoms with Crippen molar-refractivity contribution in [3.05, 3.63) is 54.5 Å². The smallest absolute Gasteiger partial charge is 0.229 e. The van der Waals surface area contributed by atoms with E-state index in [2.05, 4.69) is 25.5 Å². The lowest BCUT2D eigenvalue weighted by Gasteiger charge is -2.00. The fourth-order valence-electron chi connectivity index (χ4n) is 2.51. The third-order valence-corrected chi connectivity index (χ3v) is 4.64. The lowest BCUT2D eigenvalue weighted by molar-refractivity contribution is -0.117. The fraction of sp³-hybridized carbons (Fsp3) is 0.188. The Hall–Kier alpha value is -2.67. The molecule has 3 heterocycles. The van der Waals surface area contributed by atoms with Gasteiger partial charge in [0.1, 0.15) is 5.69 Å². The summed E-state index contributed by atoms with van der Waals surface area (Å²) in [7, 11) is 0. The molecule has 114 valence electrons. The van der Waals surface area contributed by atoms with E-state index in [-0.39, 0.29) is 17.7 Å². The van der Waals surface area contributed by atoms with Gasteiger partial charge in [0.25, 0.3) is 0 Å². The van der Waals surface area contributed by atoms with Gasteiger partial charge in [0.2, 0.25) is 11.0 Å². The Morgan fingerprint density at radius 1 is 1.17 bits per heavy atom. The summed E-state index contributed by atoms with van der Waals surface area (Å²) >= 11 is 1.33. The number of hydrogen-bond donors (Lipinski definition) is 1. The number of nitrogens with zero attached hydrogens (tertiary/aromatic N) is 4. The van der Waals surface area contributed by atoms with Crippen molar-refractivity contribution in [1.29, 1.82) is 0 Å². The maximum Gasteiger partial charge on any atom is 0.229 e. The highest BCUT2D eigenvalue weighted by molar-refractivity contribution is 7.18. The molecule has 1 aliphatic carbocycles. The van der Waals surface area contributed by atoms with Gasteiger partial charge in [-0.2, -0.15) is 0 Å². The number of hydrogen-bond acceptors (Lipinski definition) is 6. The Balaban J connectivity index is 1.42. The van der Waals surface area contributed by atoms with E-state index in [1.54, 1.807) is 12.4 Å². The molecule has 0 saturated heterocycles. The third kappa shape index (κ3) is 2.95. The van der Waals surface area contributed by atoms with Crippen molar-refractivity contribution < 1.29 is 4.79 Å². The number of carbonyl (C=O) groups is 1. The fourth-order valence-corrected chi connectivity index (χ4v) is 3.24. The van der Waals surface area contributed by atoms with Gasteiger partial charge in [-0.05, 0) is 36.1 Å². The highest BCUT2D eigenvalue weighted by Gasteiger charge is 2.44. The van der Waals surface area contributed by atoms with Crippen LogP contribution in [0.15, 0.2) is 48.9 Å². The van der Waals surface area contributed by atoms with Crippen molar-refractivity contribution in [2.24, 2.45) is 5.92 Å². The average molecular weight is 323 g/mol. The van der Waals surface area contributed by atoms with Crippen LogP contribution in [0.1, 0.15) is 17.9 Å². The second kappa shape index (κ2) is 5.85. The first kappa shape index (κ1) is 14.0. The van der Waals surface area contributed by atoms with Crippen LogP contribution in [0.25, 0.3) is 10.7 Å². The van der Waals surface area contributed by atoms with Crippen molar-refractivity contribution in [1.82, 2.24) is 20.2 Å². The number of pyridine rings is 2. The molecule has 6 nitrogen and oxygen atoms in total. The molecule has 0 spiro atoms. The van der Waals surface area contributed by atoms with Crippen LogP contribution in [-0.2, 0) is 4.79 Å². The normalized spacial score (nSPS) is 19.3. The Kier molecular flexibility index (Phi) is 3.55. The van der Waals surface area contributed by atoms with E-state index in [1.165, 1.54) is 11.3 Å². The van der Waals surface area contributed by atoms with E-state index in [0.29, 0.717) is 10.1 Å².